The highest BCUT2D eigenvalue weighted by Gasteiger charge is 2.46. The average molecular weight is 328 g/mol. The lowest BCUT2D eigenvalue weighted by molar-refractivity contribution is 0.0612. The van der Waals surface area contributed by atoms with Crippen molar-refractivity contribution in [2.24, 2.45) is 12.5 Å². The van der Waals surface area contributed by atoms with Gasteiger partial charge in [-0.15, -0.1) is 12.4 Å². The Labute approximate surface area is 138 Å². The van der Waals surface area contributed by atoms with Crippen LogP contribution in [-0.4, -0.2) is 54.8 Å². The number of halogens is 1. The minimum Gasteiger partial charge on any atom is -0.383 e. The van der Waals surface area contributed by atoms with E-state index in [4.69, 9.17) is 4.74 Å². The highest BCUT2D eigenvalue weighted by molar-refractivity contribution is 5.93. The third kappa shape index (κ3) is 3.16. The minimum atomic E-state index is 0. The maximum Gasteiger partial charge on any atom is 0.270 e. The van der Waals surface area contributed by atoms with Gasteiger partial charge in [0.25, 0.3) is 5.91 Å². The number of methoxy groups -OCH3 is 1. The zero-order valence-electron chi connectivity index (χ0n) is 13.4. The van der Waals surface area contributed by atoms with Crippen molar-refractivity contribution in [3.05, 3.63) is 24.0 Å². The predicted octanol–water partition coefficient (Wildman–Crippen LogP) is 1.68. The van der Waals surface area contributed by atoms with Gasteiger partial charge in [-0.1, -0.05) is 0 Å². The third-order valence-electron chi connectivity index (χ3n) is 5.06. The summed E-state index contributed by atoms with van der Waals surface area (Å²) in [5.41, 5.74) is 1.05. The number of nitrogens with zero attached hydrogens (tertiary/aromatic N) is 2. The molecule has 0 bridgehead atoms. The van der Waals surface area contributed by atoms with Gasteiger partial charge in [0, 0.05) is 26.9 Å². The summed E-state index contributed by atoms with van der Waals surface area (Å²) in [6.07, 6.45) is 5.31. The van der Waals surface area contributed by atoms with Crippen molar-refractivity contribution in [2.45, 2.75) is 25.3 Å². The van der Waals surface area contributed by atoms with Crippen LogP contribution in [0.3, 0.4) is 0 Å². The first-order chi connectivity index (χ1) is 10.2. The van der Waals surface area contributed by atoms with Crippen LogP contribution < -0.4 is 5.32 Å². The van der Waals surface area contributed by atoms with Gasteiger partial charge >= 0.3 is 0 Å². The summed E-state index contributed by atoms with van der Waals surface area (Å²) in [5.74, 6) is 0.139. The zero-order chi connectivity index (χ0) is 14.9. The monoisotopic (exact) mass is 327 g/mol. The molecule has 22 heavy (non-hydrogen) atoms. The summed E-state index contributed by atoms with van der Waals surface area (Å²) < 4.78 is 7.27. The smallest absolute Gasteiger partial charge is 0.270 e. The summed E-state index contributed by atoms with van der Waals surface area (Å²) in [7, 11) is 3.65. The Morgan fingerprint density at radius 3 is 2.77 bits per heavy atom. The molecule has 1 atom stereocenters. The van der Waals surface area contributed by atoms with E-state index in [0.717, 1.165) is 44.6 Å². The van der Waals surface area contributed by atoms with Crippen LogP contribution in [0.5, 0.6) is 0 Å². The van der Waals surface area contributed by atoms with Crippen molar-refractivity contribution >= 4 is 18.3 Å². The maximum absolute atomic E-state index is 12.9. The Morgan fingerprint density at radius 1 is 1.45 bits per heavy atom. The number of hydrogen-bond donors (Lipinski definition) is 1. The molecule has 0 radical (unpaired) electrons. The molecule has 1 amide bonds. The number of rotatable bonds is 3. The van der Waals surface area contributed by atoms with E-state index in [0.29, 0.717) is 6.61 Å². The Bertz CT molecular complexity index is 511. The molecule has 2 saturated heterocycles. The van der Waals surface area contributed by atoms with Gasteiger partial charge in [-0.25, -0.2) is 0 Å². The van der Waals surface area contributed by atoms with Crippen LogP contribution in [-0.2, 0) is 11.8 Å². The van der Waals surface area contributed by atoms with Crippen molar-refractivity contribution in [3.8, 4) is 0 Å². The summed E-state index contributed by atoms with van der Waals surface area (Å²) in [4.78, 5) is 14.9. The second kappa shape index (κ2) is 7.02. The van der Waals surface area contributed by atoms with Gasteiger partial charge in [0.15, 0.2) is 0 Å². The number of carbonyl (C=O) groups is 1. The van der Waals surface area contributed by atoms with E-state index in [2.05, 4.69) is 5.32 Å². The molecule has 1 unspecified atom stereocenters. The van der Waals surface area contributed by atoms with Crippen LogP contribution in [0.1, 0.15) is 29.8 Å². The van der Waals surface area contributed by atoms with Crippen molar-refractivity contribution in [1.82, 2.24) is 14.8 Å². The van der Waals surface area contributed by atoms with Crippen LogP contribution in [0, 0.1) is 5.41 Å². The molecule has 5 nitrogen and oxygen atoms in total. The van der Waals surface area contributed by atoms with Crippen LogP contribution in [0.2, 0.25) is 0 Å². The summed E-state index contributed by atoms with van der Waals surface area (Å²) in [5, 5.41) is 3.42. The number of likely N-dealkylation sites (tertiary alicyclic amines) is 1. The highest BCUT2D eigenvalue weighted by Crippen LogP contribution is 2.42. The zero-order valence-corrected chi connectivity index (χ0v) is 14.2. The summed E-state index contributed by atoms with van der Waals surface area (Å²) >= 11 is 0. The maximum atomic E-state index is 12.9. The fourth-order valence-corrected chi connectivity index (χ4v) is 3.89. The predicted molar refractivity (Wildman–Crippen MR) is 88.5 cm³/mol. The molecule has 3 rings (SSSR count). The number of aromatic nitrogens is 1. The highest BCUT2D eigenvalue weighted by atomic mass is 35.5. The number of carbonyl (C=O) groups excluding carboxylic acids is 1. The molecule has 3 heterocycles. The van der Waals surface area contributed by atoms with Gasteiger partial charge in [0.05, 0.1) is 12.6 Å². The van der Waals surface area contributed by atoms with Gasteiger partial charge < -0.3 is 19.5 Å². The Hall–Kier alpha value is -1.04. The molecular weight excluding hydrogens is 302 g/mol. The molecule has 0 aliphatic carbocycles. The van der Waals surface area contributed by atoms with E-state index in [1.165, 1.54) is 0 Å². The minimum absolute atomic E-state index is 0. The Kier molecular flexibility index (Phi) is 5.53. The normalized spacial score (nSPS) is 23.5. The fraction of sp³-hybridized carbons (Fsp3) is 0.688. The molecule has 2 fully saturated rings. The second-order valence-corrected chi connectivity index (χ2v) is 6.50. The molecule has 6 heteroatoms. The number of hydrogen-bond acceptors (Lipinski definition) is 3. The lowest BCUT2D eigenvalue weighted by Gasteiger charge is -2.33. The van der Waals surface area contributed by atoms with E-state index in [1.807, 2.05) is 34.8 Å². The first kappa shape index (κ1) is 17.3. The molecular formula is C16H26ClN3O2. The van der Waals surface area contributed by atoms with Gasteiger partial charge in [0.2, 0.25) is 0 Å². The lowest BCUT2D eigenvalue weighted by Crippen LogP contribution is -2.41. The average Bonchev–Trinajstić information content (AvgIpc) is 3.04. The first-order valence-corrected chi connectivity index (χ1v) is 7.77. The summed E-state index contributed by atoms with van der Waals surface area (Å²) in [6.45, 7) is 3.62. The van der Waals surface area contributed by atoms with Gasteiger partial charge in [0.1, 0.15) is 5.69 Å². The Morgan fingerprint density at radius 2 is 2.18 bits per heavy atom. The molecule has 2 aliphatic rings. The number of piperidine rings is 1. The first-order valence-electron chi connectivity index (χ1n) is 7.77. The van der Waals surface area contributed by atoms with E-state index in [-0.39, 0.29) is 29.8 Å². The van der Waals surface area contributed by atoms with Gasteiger partial charge in [-0.3, -0.25) is 4.79 Å². The van der Waals surface area contributed by atoms with Crippen LogP contribution in [0.4, 0.5) is 0 Å². The second-order valence-electron chi connectivity index (χ2n) is 6.50. The largest absolute Gasteiger partial charge is 0.383 e. The van der Waals surface area contributed by atoms with E-state index in [9.17, 15) is 4.79 Å². The number of aryl methyl sites for hydroxylation is 1. The quantitative estimate of drug-likeness (QED) is 0.918. The van der Waals surface area contributed by atoms with E-state index >= 15 is 0 Å². The molecule has 0 aromatic carbocycles. The topological polar surface area (TPSA) is 46.5 Å². The standard InChI is InChI=1S/C16H25N3O2.ClH/c1-18-9-3-4-14(18)15(20)19-12-16(5-7-17-8-6-16)10-13(19)11-21-2;/h3-4,9,13,17H,5-8,10-12H2,1-2H3;1H. The van der Waals surface area contributed by atoms with Crippen LogP contribution in [0.25, 0.3) is 0 Å². The molecule has 124 valence electrons. The van der Waals surface area contributed by atoms with Gasteiger partial charge in [-0.2, -0.15) is 0 Å². The third-order valence-corrected chi connectivity index (χ3v) is 5.06. The SMILES string of the molecule is COCC1CC2(CCNCC2)CN1C(=O)c1cccn1C.Cl. The van der Waals surface area contributed by atoms with Crippen molar-refractivity contribution in [2.75, 3.05) is 33.4 Å². The van der Waals surface area contributed by atoms with E-state index < -0.39 is 0 Å². The number of ether oxygens (including phenoxy) is 1. The van der Waals surface area contributed by atoms with Crippen LogP contribution >= 0.6 is 12.4 Å². The van der Waals surface area contributed by atoms with Crippen LogP contribution in [0.15, 0.2) is 18.3 Å². The van der Waals surface area contributed by atoms with Crippen molar-refractivity contribution in [3.63, 3.8) is 0 Å². The number of amides is 1. The van der Waals surface area contributed by atoms with Gasteiger partial charge in [-0.05, 0) is 49.9 Å². The fourth-order valence-electron chi connectivity index (χ4n) is 3.89. The summed E-state index contributed by atoms with van der Waals surface area (Å²) in [6, 6.07) is 4.03. The Balaban J connectivity index is 0.00000176. The molecule has 0 saturated carbocycles. The molecule has 1 aromatic rings. The molecule has 1 N–H and O–H groups in total. The van der Waals surface area contributed by atoms with Crippen molar-refractivity contribution < 1.29 is 9.53 Å². The lowest BCUT2D eigenvalue weighted by atomic mass is 9.77. The molecule has 2 aliphatic heterocycles. The number of nitrogens with one attached hydrogen (secondary N) is 1. The molecule has 1 aromatic heterocycles. The van der Waals surface area contributed by atoms with Crippen molar-refractivity contribution in [1.29, 1.82) is 0 Å². The van der Waals surface area contributed by atoms with E-state index in [1.54, 1.807) is 7.11 Å². The molecule has 1 spiro atoms.